The van der Waals surface area contributed by atoms with Gasteiger partial charge in [-0.2, -0.15) is 0 Å². The number of nitrogens with one attached hydrogen (secondary N) is 1. The van der Waals surface area contributed by atoms with E-state index in [1.54, 1.807) is 12.4 Å². The van der Waals surface area contributed by atoms with Crippen LogP contribution in [0.2, 0.25) is 0 Å². The Balaban J connectivity index is 2.34. The smallest absolute Gasteiger partial charge is 0.137 e. The van der Waals surface area contributed by atoms with E-state index in [9.17, 15) is 0 Å². The summed E-state index contributed by atoms with van der Waals surface area (Å²) in [6, 6.07) is 7.98. The van der Waals surface area contributed by atoms with Gasteiger partial charge in [-0.1, -0.05) is 22.9 Å². The number of nitrogens with two attached hydrogens (primary N) is 1. The predicted octanol–water partition coefficient (Wildman–Crippen LogP) is 3.79. The Hall–Kier alpha value is -0.700. The summed E-state index contributed by atoms with van der Waals surface area (Å²) < 4.78 is 7.79. The third kappa shape index (κ3) is 4.38. The Kier molecular flexibility index (Phi) is 6.40. The minimum atomic E-state index is -0.147. The van der Waals surface area contributed by atoms with Crippen LogP contribution in [0.3, 0.4) is 0 Å². The van der Waals surface area contributed by atoms with Crippen LogP contribution in [0, 0.1) is 3.57 Å². The lowest BCUT2D eigenvalue weighted by molar-refractivity contribution is 0.315. The topological polar surface area (TPSA) is 60.2 Å². The molecule has 0 aliphatic carbocycles. The first-order valence-corrected chi connectivity index (χ1v) is 8.51. The highest BCUT2D eigenvalue weighted by atomic mass is 127. The Labute approximate surface area is 146 Å². The Morgan fingerprint density at radius 3 is 2.90 bits per heavy atom. The molecule has 6 heteroatoms. The number of hydrazine groups is 1. The van der Waals surface area contributed by atoms with Crippen LogP contribution in [-0.2, 0) is 0 Å². The molecule has 0 spiro atoms. The molecule has 0 bridgehead atoms. The minimum absolute atomic E-state index is 0.147. The van der Waals surface area contributed by atoms with Gasteiger partial charge in [-0.05, 0) is 64.4 Å². The number of halogens is 2. The molecule has 0 fully saturated rings. The maximum Gasteiger partial charge on any atom is 0.137 e. The van der Waals surface area contributed by atoms with Gasteiger partial charge in [0.15, 0.2) is 0 Å². The van der Waals surface area contributed by atoms with E-state index in [1.165, 1.54) is 0 Å². The molecule has 0 aliphatic rings. The predicted molar refractivity (Wildman–Crippen MR) is 96.0 cm³/mol. The van der Waals surface area contributed by atoms with Crippen molar-refractivity contribution >= 4 is 38.5 Å². The van der Waals surface area contributed by atoms with Crippen LogP contribution in [0.1, 0.15) is 30.5 Å². The lowest BCUT2D eigenvalue weighted by atomic mass is 10.0. The Morgan fingerprint density at radius 2 is 2.19 bits per heavy atom. The second kappa shape index (κ2) is 8.07. The van der Waals surface area contributed by atoms with Crippen LogP contribution in [0.4, 0.5) is 0 Å². The van der Waals surface area contributed by atoms with Crippen LogP contribution in [0.15, 0.2) is 41.1 Å². The number of benzene rings is 1. The van der Waals surface area contributed by atoms with Crippen molar-refractivity contribution in [1.29, 1.82) is 0 Å². The van der Waals surface area contributed by atoms with E-state index in [0.29, 0.717) is 6.61 Å². The first kappa shape index (κ1) is 16.7. The number of hydrogen-bond acceptors (Lipinski definition) is 4. The van der Waals surface area contributed by atoms with Crippen molar-refractivity contribution in [2.24, 2.45) is 5.84 Å². The van der Waals surface area contributed by atoms with Crippen molar-refractivity contribution in [1.82, 2.24) is 10.4 Å². The zero-order chi connectivity index (χ0) is 15.2. The highest BCUT2D eigenvalue weighted by molar-refractivity contribution is 14.1. The number of pyridine rings is 1. The molecule has 1 unspecified atom stereocenters. The molecule has 112 valence electrons. The number of ether oxygens (including phenoxy) is 1. The summed E-state index contributed by atoms with van der Waals surface area (Å²) >= 11 is 5.87. The lowest BCUT2D eigenvalue weighted by Crippen LogP contribution is -2.29. The van der Waals surface area contributed by atoms with E-state index in [2.05, 4.69) is 61.9 Å². The number of aromatic nitrogens is 1. The Morgan fingerprint density at radius 1 is 1.38 bits per heavy atom. The normalized spacial score (nSPS) is 12.2. The summed E-state index contributed by atoms with van der Waals surface area (Å²) in [5, 5.41) is 0. The average molecular weight is 462 g/mol. The van der Waals surface area contributed by atoms with Crippen molar-refractivity contribution in [2.45, 2.75) is 19.4 Å². The second-order valence-corrected chi connectivity index (χ2v) is 6.67. The van der Waals surface area contributed by atoms with Gasteiger partial charge in [0.05, 0.1) is 18.8 Å². The third-order valence-electron chi connectivity index (χ3n) is 2.98. The van der Waals surface area contributed by atoms with Crippen molar-refractivity contribution in [3.05, 3.63) is 55.8 Å². The van der Waals surface area contributed by atoms with E-state index < -0.39 is 0 Å². The largest absolute Gasteiger partial charge is 0.492 e. The second-order valence-electron chi connectivity index (χ2n) is 4.57. The summed E-state index contributed by atoms with van der Waals surface area (Å²) in [6.45, 7) is 2.75. The van der Waals surface area contributed by atoms with Gasteiger partial charge < -0.3 is 4.74 Å². The average Bonchev–Trinajstić information content (AvgIpc) is 2.50. The molecule has 21 heavy (non-hydrogen) atoms. The fourth-order valence-corrected chi connectivity index (χ4v) is 2.98. The van der Waals surface area contributed by atoms with E-state index in [-0.39, 0.29) is 6.04 Å². The van der Waals surface area contributed by atoms with Crippen molar-refractivity contribution < 1.29 is 4.74 Å². The van der Waals surface area contributed by atoms with E-state index in [1.807, 2.05) is 18.2 Å². The molecule has 4 nitrogen and oxygen atoms in total. The van der Waals surface area contributed by atoms with E-state index in [0.717, 1.165) is 31.3 Å². The molecule has 1 heterocycles. The summed E-state index contributed by atoms with van der Waals surface area (Å²) in [5.41, 5.74) is 4.89. The SMILES string of the molecule is CCCOc1cncc(C(NN)c2cc(I)ccc2Br)c1. The molecule has 0 saturated heterocycles. The van der Waals surface area contributed by atoms with Gasteiger partial charge >= 0.3 is 0 Å². The van der Waals surface area contributed by atoms with Crippen LogP contribution >= 0.6 is 38.5 Å². The van der Waals surface area contributed by atoms with Gasteiger partial charge in [0.1, 0.15) is 5.75 Å². The molecule has 2 rings (SSSR count). The molecular formula is C15H17BrIN3O. The summed E-state index contributed by atoms with van der Waals surface area (Å²) in [7, 11) is 0. The molecule has 2 aromatic rings. The first-order chi connectivity index (χ1) is 10.2. The summed E-state index contributed by atoms with van der Waals surface area (Å²) in [5.74, 6) is 6.52. The standard InChI is InChI=1S/C15H17BrIN3O/c1-2-5-21-12-6-10(8-19-9-12)15(20-18)13-7-11(17)3-4-14(13)16/h3-4,6-9,15,20H,2,5,18H2,1H3. The highest BCUT2D eigenvalue weighted by Gasteiger charge is 2.17. The van der Waals surface area contributed by atoms with Gasteiger partial charge in [-0.3, -0.25) is 10.8 Å². The lowest BCUT2D eigenvalue weighted by Gasteiger charge is -2.19. The molecular weight excluding hydrogens is 445 g/mol. The zero-order valence-electron chi connectivity index (χ0n) is 11.6. The fourth-order valence-electron chi connectivity index (χ4n) is 1.99. The van der Waals surface area contributed by atoms with Crippen LogP contribution in [0.25, 0.3) is 0 Å². The number of rotatable bonds is 6. The third-order valence-corrected chi connectivity index (χ3v) is 4.37. The first-order valence-electron chi connectivity index (χ1n) is 6.64. The number of hydrogen-bond donors (Lipinski definition) is 2. The van der Waals surface area contributed by atoms with E-state index in [4.69, 9.17) is 10.6 Å². The minimum Gasteiger partial charge on any atom is -0.492 e. The molecule has 0 saturated carbocycles. The van der Waals surface area contributed by atoms with Gasteiger partial charge in [0.25, 0.3) is 0 Å². The molecule has 3 N–H and O–H groups in total. The van der Waals surface area contributed by atoms with Crippen molar-refractivity contribution in [3.63, 3.8) is 0 Å². The monoisotopic (exact) mass is 461 g/mol. The highest BCUT2D eigenvalue weighted by Crippen LogP contribution is 2.30. The van der Waals surface area contributed by atoms with Crippen LogP contribution in [-0.4, -0.2) is 11.6 Å². The van der Waals surface area contributed by atoms with Crippen LogP contribution < -0.4 is 16.0 Å². The van der Waals surface area contributed by atoms with Crippen LogP contribution in [0.5, 0.6) is 5.75 Å². The zero-order valence-corrected chi connectivity index (χ0v) is 15.4. The molecule has 0 amide bonds. The van der Waals surface area contributed by atoms with E-state index >= 15 is 0 Å². The van der Waals surface area contributed by atoms with Gasteiger partial charge in [0, 0.05) is 14.2 Å². The molecule has 0 aliphatic heterocycles. The van der Waals surface area contributed by atoms with Gasteiger partial charge in [0.2, 0.25) is 0 Å². The maximum absolute atomic E-state index is 5.76. The van der Waals surface area contributed by atoms with Gasteiger partial charge in [-0.15, -0.1) is 0 Å². The molecule has 1 atom stereocenters. The summed E-state index contributed by atoms with van der Waals surface area (Å²) in [6.07, 6.45) is 4.48. The molecule has 0 radical (unpaired) electrons. The quantitative estimate of drug-likeness (QED) is 0.390. The maximum atomic E-state index is 5.76. The van der Waals surface area contributed by atoms with Crippen molar-refractivity contribution in [3.8, 4) is 5.75 Å². The van der Waals surface area contributed by atoms with Crippen molar-refractivity contribution in [2.75, 3.05) is 6.61 Å². The fraction of sp³-hybridized carbons (Fsp3) is 0.267. The summed E-state index contributed by atoms with van der Waals surface area (Å²) in [4.78, 5) is 4.25. The van der Waals surface area contributed by atoms with Gasteiger partial charge in [-0.25, -0.2) is 5.43 Å². The molecule has 1 aromatic carbocycles. The number of nitrogens with zero attached hydrogens (tertiary/aromatic N) is 1. The Bertz CT molecular complexity index is 609. The molecule has 1 aromatic heterocycles.